The summed E-state index contributed by atoms with van der Waals surface area (Å²) in [5.41, 5.74) is 3.24. The molecule has 0 aromatic carbocycles. The van der Waals surface area contributed by atoms with E-state index in [-0.39, 0.29) is 5.91 Å². The molecule has 1 N–H and O–H groups in total. The Morgan fingerprint density at radius 3 is 2.81 bits per heavy atom. The predicted octanol–water partition coefficient (Wildman–Crippen LogP) is 3.30. The zero-order chi connectivity index (χ0) is 15.0. The number of anilines is 1. The summed E-state index contributed by atoms with van der Waals surface area (Å²) in [5.74, 6) is 0.0150. The summed E-state index contributed by atoms with van der Waals surface area (Å²) < 4.78 is 15.0. The quantitative estimate of drug-likeness (QED) is 0.877. The molecule has 1 fully saturated rings. The predicted molar refractivity (Wildman–Crippen MR) is 78.8 cm³/mol. The molecular formula is C16H18FN3O. The van der Waals surface area contributed by atoms with Crippen molar-refractivity contribution >= 4 is 11.6 Å². The van der Waals surface area contributed by atoms with Gasteiger partial charge in [0.2, 0.25) is 5.95 Å². The van der Waals surface area contributed by atoms with Gasteiger partial charge in [0.1, 0.15) is 0 Å². The van der Waals surface area contributed by atoms with E-state index in [1.165, 1.54) is 31.2 Å². The van der Waals surface area contributed by atoms with Gasteiger partial charge in [-0.15, -0.1) is 0 Å². The first-order valence-electron chi connectivity index (χ1n) is 7.14. The molecule has 5 heteroatoms. The summed E-state index contributed by atoms with van der Waals surface area (Å²) in [6, 6.07) is 4.64. The maximum absolute atomic E-state index is 12.8. The molecule has 0 spiro atoms. The van der Waals surface area contributed by atoms with Crippen molar-refractivity contribution in [2.45, 2.75) is 33.2 Å². The molecular weight excluding hydrogens is 269 g/mol. The second-order valence-electron chi connectivity index (χ2n) is 5.66. The molecule has 0 unspecified atom stereocenters. The second kappa shape index (κ2) is 5.31. The summed E-state index contributed by atoms with van der Waals surface area (Å²) in [6.07, 6.45) is 3.87. The maximum Gasteiger partial charge on any atom is 0.257 e. The Bertz CT molecular complexity index is 672. The Labute approximate surface area is 123 Å². The number of carbonyl (C=O) groups is 1. The average molecular weight is 287 g/mol. The number of pyridine rings is 1. The van der Waals surface area contributed by atoms with Crippen molar-refractivity contribution in [1.82, 2.24) is 9.55 Å². The fourth-order valence-electron chi connectivity index (χ4n) is 2.52. The van der Waals surface area contributed by atoms with Crippen LogP contribution >= 0.6 is 0 Å². The van der Waals surface area contributed by atoms with Crippen LogP contribution in [0.1, 0.15) is 34.6 Å². The van der Waals surface area contributed by atoms with E-state index in [9.17, 15) is 9.18 Å². The summed E-state index contributed by atoms with van der Waals surface area (Å²) >= 11 is 0. The topological polar surface area (TPSA) is 46.9 Å². The zero-order valence-electron chi connectivity index (χ0n) is 12.2. The number of hydrogen-bond acceptors (Lipinski definition) is 2. The minimum Gasteiger partial charge on any atom is -0.348 e. The van der Waals surface area contributed by atoms with Crippen LogP contribution < -0.4 is 5.32 Å². The van der Waals surface area contributed by atoms with Gasteiger partial charge in [-0.2, -0.15) is 4.39 Å². The molecule has 0 radical (unpaired) electrons. The van der Waals surface area contributed by atoms with E-state index in [4.69, 9.17) is 0 Å². The van der Waals surface area contributed by atoms with Gasteiger partial charge in [-0.3, -0.25) is 4.79 Å². The van der Waals surface area contributed by atoms with Crippen LogP contribution in [0.2, 0.25) is 0 Å². The highest BCUT2D eigenvalue weighted by atomic mass is 19.1. The molecule has 1 aliphatic carbocycles. The first-order chi connectivity index (χ1) is 10.0. The van der Waals surface area contributed by atoms with Crippen LogP contribution in [0.4, 0.5) is 10.1 Å². The summed E-state index contributed by atoms with van der Waals surface area (Å²) in [4.78, 5) is 15.9. The highest BCUT2D eigenvalue weighted by Gasteiger charge is 2.24. The van der Waals surface area contributed by atoms with Gasteiger partial charge in [0, 0.05) is 17.9 Å². The minimum absolute atomic E-state index is 0.182. The van der Waals surface area contributed by atoms with E-state index in [0.29, 0.717) is 11.3 Å². The Balaban J connectivity index is 1.79. The van der Waals surface area contributed by atoms with Crippen molar-refractivity contribution in [3.05, 3.63) is 47.3 Å². The normalized spacial score (nSPS) is 14.2. The number of aryl methyl sites for hydroxylation is 1. The van der Waals surface area contributed by atoms with E-state index in [1.807, 2.05) is 19.9 Å². The molecule has 110 valence electrons. The number of carbonyl (C=O) groups excluding carboxylic acids is 1. The molecule has 1 aliphatic rings. The number of nitrogens with zero attached hydrogens (tertiary/aromatic N) is 2. The molecule has 3 rings (SSSR count). The lowest BCUT2D eigenvalue weighted by molar-refractivity contribution is 0.102. The molecule has 1 amide bonds. The molecule has 2 heterocycles. The highest BCUT2D eigenvalue weighted by Crippen LogP contribution is 2.32. The van der Waals surface area contributed by atoms with E-state index >= 15 is 0 Å². The van der Waals surface area contributed by atoms with Crippen LogP contribution in [0.5, 0.6) is 0 Å². The largest absolute Gasteiger partial charge is 0.348 e. The lowest BCUT2D eigenvalue weighted by Gasteiger charge is -2.09. The number of halogens is 1. The van der Waals surface area contributed by atoms with Crippen LogP contribution in [-0.4, -0.2) is 15.5 Å². The van der Waals surface area contributed by atoms with Crippen molar-refractivity contribution in [1.29, 1.82) is 0 Å². The lowest BCUT2D eigenvalue weighted by Crippen LogP contribution is -2.14. The average Bonchev–Trinajstić information content (AvgIpc) is 3.23. The Kier molecular flexibility index (Phi) is 3.49. The van der Waals surface area contributed by atoms with Crippen LogP contribution in [0, 0.1) is 25.7 Å². The molecule has 21 heavy (non-hydrogen) atoms. The number of amides is 1. The van der Waals surface area contributed by atoms with Gasteiger partial charge in [0.25, 0.3) is 5.91 Å². The van der Waals surface area contributed by atoms with Crippen LogP contribution in [0.15, 0.2) is 24.4 Å². The van der Waals surface area contributed by atoms with Crippen molar-refractivity contribution < 1.29 is 9.18 Å². The molecule has 0 atom stereocenters. The van der Waals surface area contributed by atoms with Crippen molar-refractivity contribution in [3.63, 3.8) is 0 Å². The van der Waals surface area contributed by atoms with Gasteiger partial charge in [0.05, 0.1) is 17.4 Å². The third kappa shape index (κ3) is 2.96. The van der Waals surface area contributed by atoms with E-state index in [2.05, 4.69) is 14.9 Å². The van der Waals surface area contributed by atoms with Crippen molar-refractivity contribution in [2.75, 3.05) is 5.32 Å². The summed E-state index contributed by atoms with van der Waals surface area (Å²) in [6.45, 7) is 4.97. The fraction of sp³-hybridized carbons (Fsp3) is 0.375. The molecule has 2 aromatic heterocycles. The molecule has 0 aliphatic heterocycles. The monoisotopic (exact) mass is 287 g/mol. The van der Waals surface area contributed by atoms with Crippen molar-refractivity contribution in [3.8, 4) is 0 Å². The Hall–Kier alpha value is -2.17. The third-order valence-corrected chi connectivity index (χ3v) is 3.94. The molecule has 4 nitrogen and oxygen atoms in total. The Morgan fingerprint density at radius 2 is 2.19 bits per heavy atom. The maximum atomic E-state index is 12.8. The first kappa shape index (κ1) is 13.8. The van der Waals surface area contributed by atoms with Crippen LogP contribution in [0.25, 0.3) is 0 Å². The van der Waals surface area contributed by atoms with Gasteiger partial charge in [-0.25, -0.2) is 4.98 Å². The second-order valence-corrected chi connectivity index (χ2v) is 5.66. The first-order valence-corrected chi connectivity index (χ1v) is 7.14. The Morgan fingerprint density at radius 1 is 1.43 bits per heavy atom. The number of nitrogens with one attached hydrogen (secondary N) is 1. The van der Waals surface area contributed by atoms with E-state index in [0.717, 1.165) is 23.9 Å². The standard InChI is InChI=1S/C16H18FN3O/c1-10-7-14(11(2)20(10)9-12-3-4-12)16(21)19-13-5-6-15(17)18-8-13/h5-8,12H,3-4,9H2,1-2H3,(H,19,21). The van der Waals surface area contributed by atoms with Gasteiger partial charge in [-0.05, 0) is 50.8 Å². The smallest absolute Gasteiger partial charge is 0.257 e. The molecule has 0 saturated heterocycles. The molecule has 1 saturated carbocycles. The van der Waals surface area contributed by atoms with Crippen molar-refractivity contribution in [2.24, 2.45) is 5.92 Å². The lowest BCUT2D eigenvalue weighted by atomic mass is 10.2. The number of hydrogen-bond donors (Lipinski definition) is 1. The van der Waals surface area contributed by atoms with Gasteiger partial charge >= 0.3 is 0 Å². The van der Waals surface area contributed by atoms with Gasteiger partial charge in [0.15, 0.2) is 0 Å². The number of aromatic nitrogens is 2. The van der Waals surface area contributed by atoms with Gasteiger partial charge < -0.3 is 9.88 Å². The van der Waals surface area contributed by atoms with Gasteiger partial charge in [-0.1, -0.05) is 0 Å². The number of rotatable bonds is 4. The minimum atomic E-state index is -0.560. The SMILES string of the molecule is Cc1cc(C(=O)Nc2ccc(F)nc2)c(C)n1CC1CC1. The van der Waals surface area contributed by atoms with E-state index in [1.54, 1.807) is 0 Å². The van der Waals surface area contributed by atoms with Crippen LogP contribution in [-0.2, 0) is 6.54 Å². The molecule has 0 bridgehead atoms. The van der Waals surface area contributed by atoms with Crippen LogP contribution in [0.3, 0.4) is 0 Å². The molecule has 2 aromatic rings. The summed E-state index contributed by atoms with van der Waals surface area (Å²) in [5, 5.41) is 2.75. The summed E-state index contributed by atoms with van der Waals surface area (Å²) in [7, 11) is 0. The fourth-order valence-corrected chi connectivity index (χ4v) is 2.52. The van der Waals surface area contributed by atoms with E-state index < -0.39 is 5.95 Å². The highest BCUT2D eigenvalue weighted by molar-refractivity contribution is 6.05. The zero-order valence-corrected chi connectivity index (χ0v) is 12.2. The third-order valence-electron chi connectivity index (χ3n) is 3.94.